The highest BCUT2D eigenvalue weighted by atomic mass is 79.9. The summed E-state index contributed by atoms with van der Waals surface area (Å²) in [7, 11) is 1.69. The Morgan fingerprint density at radius 1 is 1.29 bits per heavy atom. The lowest BCUT2D eigenvalue weighted by molar-refractivity contribution is 0.415. The molecular formula is C11H12BrNO. The Labute approximate surface area is 91.4 Å². The molecule has 0 aliphatic carbocycles. The van der Waals surface area contributed by atoms with E-state index in [2.05, 4.69) is 40.8 Å². The molecule has 0 fully saturated rings. The van der Waals surface area contributed by atoms with Gasteiger partial charge in [0.15, 0.2) is 0 Å². The molecule has 0 aliphatic heterocycles. The summed E-state index contributed by atoms with van der Waals surface area (Å²) in [4.78, 5) is 3.31. The lowest BCUT2D eigenvalue weighted by Gasteiger charge is -2.02. The quantitative estimate of drug-likeness (QED) is 0.826. The molecule has 2 rings (SSSR count). The summed E-state index contributed by atoms with van der Waals surface area (Å²) in [5, 5.41) is 1.22. The smallest absolute Gasteiger partial charge is 0.119 e. The fraction of sp³-hybridized carbons (Fsp3) is 0.273. The molecule has 1 heterocycles. The summed E-state index contributed by atoms with van der Waals surface area (Å²) in [5.74, 6) is 0.907. The van der Waals surface area contributed by atoms with Gasteiger partial charge in [-0.05, 0) is 53.0 Å². The van der Waals surface area contributed by atoms with E-state index in [4.69, 9.17) is 4.74 Å². The number of methoxy groups -OCH3 is 1. The van der Waals surface area contributed by atoms with Crippen molar-refractivity contribution in [3.63, 3.8) is 0 Å². The van der Waals surface area contributed by atoms with Crippen molar-refractivity contribution >= 4 is 26.8 Å². The number of H-pyrrole nitrogens is 1. The second kappa shape index (κ2) is 3.31. The Morgan fingerprint density at radius 3 is 2.64 bits per heavy atom. The molecule has 1 aromatic heterocycles. The standard InChI is InChI=1S/C11H12BrNO/c1-6-4-8(14-3)5-9-7(2)11(12)13-10(6)9/h4-5,13H,1-3H3. The molecule has 1 aromatic carbocycles. The fourth-order valence-corrected chi connectivity index (χ4v) is 2.07. The summed E-state index contributed by atoms with van der Waals surface area (Å²) in [6.45, 7) is 4.16. The molecule has 0 saturated carbocycles. The summed E-state index contributed by atoms with van der Waals surface area (Å²) < 4.78 is 6.28. The van der Waals surface area contributed by atoms with Crippen LogP contribution in [0.25, 0.3) is 10.9 Å². The molecule has 0 atom stereocenters. The highest BCUT2D eigenvalue weighted by Gasteiger charge is 2.08. The third-order valence-corrected chi connectivity index (χ3v) is 3.31. The topological polar surface area (TPSA) is 25.0 Å². The van der Waals surface area contributed by atoms with Crippen LogP contribution in [-0.4, -0.2) is 12.1 Å². The van der Waals surface area contributed by atoms with Gasteiger partial charge in [-0.25, -0.2) is 0 Å². The highest BCUT2D eigenvalue weighted by Crippen LogP contribution is 2.31. The van der Waals surface area contributed by atoms with Crippen LogP contribution >= 0.6 is 15.9 Å². The van der Waals surface area contributed by atoms with Crippen LogP contribution in [0.15, 0.2) is 16.7 Å². The van der Waals surface area contributed by atoms with Gasteiger partial charge in [0.25, 0.3) is 0 Å². The van der Waals surface area contributed by atoms with Crippen molar-refractivity contribution in [2.75, 3.05) is 7.11 Å². The van der Waals surface area contributed by atoms with Gasteiger partial charge < -0.3 is 9.72 Å². The van der Waals surface area contributed by atoms with Gasteiger partial charge in [-0.3, -0.25) is 0 Å². The lowest BCUT2D eigenvalue weighted by atomic mass is 10.1. The molecule has 2 aromatic rings. The number of hydrogen-bond acceptors (Lipinski definition) is 1. The zero-order valence-corrected chi connectivity index (χ0v) is 10.0. The molecule has 0 unspecified atom stereocenters. The van der Waals surface area contributed by atoms with Gasteiger partial charge in [0.05, 0.1) is 11.7 Å². The molecule has 1 N–H and O–H groups in total. The van der Waals surface area contributed by atoms with Crippen LogP contribution in [0.1, 0.15) is 11.1 Å². The third kappa shape index (κ3) is 1.32. The average Bonchev–Trinajstić information content (AvgIpc) is 2.45. The van der Waals surface area contributed by atoms with E-state index in [0.717, 1.165) is 10.4 Å². The highest BCUT2D eigenvalue weighted by molar-refractivity contribution is 9.10. The van der Waals surface area contributed by atoms with Crippen LogP contribution in [0, 0.1) is 13.8 Å². The molecule has 0 aliphatic rings. The van der Waals surface area contributed by atoms with E-state index in [-0.39, 0.29) is 0 Å². The molecule has 0 bridgehead atoms. The number of hydrogen-bond donors (Lipinski definition) is 1. The largest absolute Gasteiger partial charge is 0.497 e. The van der Waals surface area contributed by atoms with Gasteiger partial charge in [0, 0.05) is 10.9 Å². The summed E-state index contributed by atoms with van der Waals surface area (Å²) in [6, 6.07) is 4.09. The molecule has 3 heteroatoms. The van der Waals surface area contributed by atoms with E-state index >= 15 is 0 Å². The second-order valence-electron chi connectivity index (χ2n) is 3.43. The van der Waals surface area contributed by atoms with E-state index < -0.39 is 0 Å². The minimum atomic E-state index is 0.907. The average molecular weight is 254 g/mol. The minimum Gasteiger partial charge on any atom is -0.497 e. The van der Waals surface area contributed by atoms with Crippen molar-refractivity contribution in [3.8, 4) is 5.75 Å². The Bertz CT molecular complexity index is 487. The zero-order chi connectivity index (χ0) is 10.3. The Kier molecular flexibility index (Phi) is 2.27. The van der Waals surface area contributed by atoms with Gasteiger partial charge in [-0.15, -0.1) is 0 Å². The van der Waals surface area contributed by atoms with Crippen molar-refractivity contribution in [2.45, 2.75) is 13.8 Å². The first-order valence-electron chi connectivity index (χ1n) is 4.46. The fourth-order valence-electron chi connectivity index (χ4n) is 1.66. The molecule has 0 radical (unpaired) electrons. The molecule has 2 nitrogen and oxygen atoms in total. The summed E-state index contributed by atoms with van der Waals surface area (Å²) in [5.41, 5.74) is 3.60. The maximum atomic E-state index is 5.24. The molecule has 0 spiro atoms. The van der Waals surface area contributed by atoms with Gasteiger partial charge in [0.2, 0.25) is 0 Å². The number of aryl methyl sites for hydroxylation is 2. The molecule has 0 saturated heterocycles. The second-order valence-corrected chi connectivity index (χ2v) is 4.22. The third-order valence-electron chi connectivity index (χ3n) is 2.51. The first-order valence-corrected chi connectivity index (χ1v) is 5.25. The van der Waals surface area contributed by atoms with E-state index in [9.17, 15) is 0 Å². The first-order chi connectivity index (χ1) is 6.63. The Morgan fingerprint density at radius 2 is 2.00 bits per heavy atom. The Balaban J connectivity index is 2.83. The maximum Gasteiger partial charge on any atom is 0.119 e. The van der Waals surface area contributed by atoms with Crippen molar-refractivity contribution in [1.82, 2.24) is 4.98 Å². The van der Waals surface area contributed by atoms with Crippen molar-refractivity contribution in [1.29, 1.82) is 0 Å². The first kappa shape index (κ1) is 9.59. The van der Waals surface area contributed by atoms with Gasteiger partial charge in [-0.1, -0.05) is 0 Å². The van der Waals surface area contributed by atoms with E-state index in [1.807, 2.05) is 6.07 Å². The van der Waals surface area contributed by atoms with Crippen molar-refractivity contribution < 1.29 is 4.74 Å². The van der Waals surface area contributed by atoms with Crippen LogP contribution in [0.2, 0.25) is 0 Å². The van der Waals surface area contributed by atoms with Crippen LogP contribution in [0.5, 0.6) is 5.75 Å². The van der Waals surface area contributed by atoms with Gasteiger partial charge in [0.1, 0.15) is 5.75 Å². The van der Waals surface area contributed by atoms with Crippen LogP contribution < -0.4 is 4.74 Å². The summed E-state index contributed by atoms with van der Waals surface area (Å²) >= 11 is 3.49. The minimum absolute atomic E-state index is 0.907. The number of halogens is 1. The van der Waals surface area contributed by atoms with Gasteiger partial charge in [-0.2, -0.15) is 0 Å². The number of benzene rings is 1. The Hall–Kier alpha value is -0.960. The number of fused-ring (bicyclic) bond motifs is 1. The SMILES string of the molecule is COc1cc(C)c2[nH]c(Br)c(C)c2c1. The van der Waals surface area contributed by atoms with E-state index in [1.165, 1.54) is 22.0 Å². The lowest BCUT2D eigenvalue weighted by Crippen LogP contribution is -1.84. The van der Waals surface area contributed by atoms with Gasteiger partial charge >= 0.3 is 0 Å². The number of aromatic amines is 1. The predicted molar refractivity (Wildman–Crippen MR) is 62.0 cm³/mol. The van der Waals surface area contributed by atoms with Crippen molar-refractivity contribution in [3.05, 3.63) is 27.9 Å². The van der Waals surface area contributed by atoms with Crippen LogP contribution in [0.4, 0.5) is 0 Å². The number of aromatic nitrogens is 1. The molecular weight excluding hydrogens is 242 g/mol. The predicted octanol–water partition coefficient (Wildman–Crippen LogP) is 3.56. The molecule has 74 valence electrons. The maximum absolute atomic E-state index is 5.24. The monoisotopic (exact) mass is 253 g/mol. The van der Waals surface area contributed by atoms with E-state index in [1.54, 1.807) is 7.11 Å². The number of nitrogens with one attached hydrogen (secondary N) is 1. The van der Waals surface area contributed by atoms with Crippen LogP contribution in [0.3, 0.4) is 0 Å². The van der Waals surface area contributed by atoms with E-state index in [0.29, 0.717) is 0 Å². The zero-order valence-electron chi connectivity index (χ0n) is 8.44. The summed E-state index contributed by atoms with van der Waals surface area (Å²) in [6.07, 6.45) is 0. The van der Waals surface area contributed by atoms with Crippen molar-refractivity contribution in [2.24, 2.45) is 0 Å². The molecule has 0 amide bonds. The molecule has 14 heavy (non-hydrogen) atoms. The normalized spacial score (nSPS) is 10.9. The number of rotatable bonds is 1. The number of ether oxygens (including phenoxy) is 1. The van der Waals surface area contributed by atoms with Crippen LogP contribution in [-0.2, 0) is 0 Å².